The fraction of sp³-hybridized carbons (Fsp3) is 0.571. The minimum atomic E-state index is -3.51. The number of hydrogen-bond donors (Lipinski definition) is 1. The topological polar surface area (TPSA) is 72.5 Å². The Morgan fingerprint density at radius 3 is 2.08 bits per heavy atom. The number of nitrogens with two attached hydrogens (primary N) is 1. The molecule has 0 amide bonds. The molecule has 12 heavy (non-hydrogen) atoms. The van der Waals surface area contributed by atoms with E-state index in [4.69, 9.17) is 5.14 Å². The molecule has 0 heterocycles. The lowest BCUT2D eigenvalue weighted by Gasteiger charge is -1.91. The van der Waals surface area contributed by atoms with Crippen molar-refractivity contribution in [2.45, 2.75) is 20.8 Å². The molecular weight excluding hydrogens is 176 g/mol. The van der Waals surface area contributed by atoms with Crippen LogP contribution in [0.25, 0.3) is 0 Å². The van der Waals surface area contributed by atoms with Crippen molar-refractivity contribution >= 4 is 16.2 Å². The summed E-state index contributed by atoms with van der Waals surface area (Å²) >= 11 is 0. The summed E-state index contributed by atoms with van der Waals surface area (Å²) in [6, 6.07) is 0. The minimum Gasteiger partial charge on any atom is -0.296 e. The van der Waals surface area contributed by atoms with Gasteiger partial charge in [0.15, 0.2) is 0 Å². The van der Waals surface area contributed by atoms with E-state index in [1.165, 1.54) is 19.2 Å². The molecule has 0 fully saturated rings. The van der Waals surface area contributed by atoms with E-state index in [0.29, 0.717) is 0 Å². The maximum absolute atomic E-state index is 10.5. The summed E-state index contributed by atoms with van der Waals surface area (Å²) in [6.07, 6.45) is 2.72. The van der Waals surface area contributed by atoms with E-state index in [1.807, 2.05) is 13.8 Å². The molecule has 4 nitrogen and oxygen atoms in total. The van der Waals surface area contributed by atoms with Crippen LogP contribution in [0.1, 0.15) is 20.8 Å². The summed E-state index contributed by atoms with van der Waals surface area (Å²) in [5.41, 5.74) is 0. The van der Waals surface area contributed by atoms with Gasteiger partial charge in [0.1, 0.15) is 0 Å². The maximum Gasteiger partial charge on any atom is 0.233 e. The van der Waals surface area contributed by atoms with E-state index in [-0.39, 0.29) is 4.91 Å². The second kappa shape index (κ2) is 7.00. The molecule has 0 saturated heterocycles. The maximum atomic E-state index is 10.5. The molecule has 0 aliphatic carbocycles. The first-order valence-electron chi connectivity index (χ1n) is 3.60. The van der Waals surface area contributed by atoms with Crippen LogP contribution in [0.4, 0.5) is 0 Å². The van der Waals surface area contributed by atoms with Crippen molar-refractivity contribution in [3.05, 3.63) is 11.0 Å². The van der Waals surface area contributed by atoms with Gasteiger partial charge in [0.25, 0.3) is 0 Å². The van der Waals surface area contributed by atoms with Crippen molar-refractivity contribution < 1.29 is 8.42 Å². The highest BCUT2D eigenvalue weighted by atomic mass is 32.2. The SMILES string of the molecule is CC.CN=C/C=C(\C)S(N)(=O)=O. The fourth-order valence-corrected chi connectivity index (χ4v) is 0.525. The zero-order chi connectivity index (χ0) is 10.2. The number of allylic oxidation sites excluding steroid dienone is 2. The molecule has 0 rings (SSSR count). The van der Waals surface area contributed by atoms with Gasteiger partial charge in [0.05, 0.1) is 4.91 Å². The van der Waals surface area contributed by atoms with Crippen molar-refractivity contribution in [3.63, 3.8) is 0 Å². The van der Waals surface area contributed by atoms with E-state index in [2.05, 4.69) is 4.99 Å². The standard InChI is InChI=1S/C5H10N2O2S.C2H6/c1-5(3-4-7-2)10(6,8)9;1-2/h3-4H,1-2H3,(H2,6,8,9);1-2H3/b5-3+,7-4?;. The van der Waals surface area contributed by atoms with Crippen LogP contribution >= 0.6 is 0 Å². The van der Waals surface area contributed by atoms with Crippen molar-refractivity contribution in [1.29, 1.82) is 0 Å². The van der Waals surface area contributed by atoms with E-state index >= 15 is 0 Å². The predicted octanol–water partition coefficient (Wildman–Crippen LogP) is 0.905. The third-order valence-corrected chi connectivity index (χ3v) is 1.94. The number of rotatable bonds is 2. The molecule has 0 radical (unpaired) electrons. The van der Waals surface area contributed by atoms with Gasteiger partial charge < -0.3 is 0 Å². The number of sulfonamides is 1. The lowest BCUT2D eigenvalue weighted by Crippen LogP contribution is -2.12. The van der Waals surface area contributed by atoms with Crippen molar-refractivity contribution in [2.75, 3.05) is 7.05 Å². The third-order valence-electron chi connectivity index (χ3n) is 0.907. The largest absolute Gasteiger partial charge is 0.296 e. The number of nitrogens with zero attached hydrogens (tertiary/aromatic N) is 1. The van der Waals surface area contributed by atoms with Crippen LogP contribution in [0.2, 0.25) is 0 Å². The first-order chi connectivity index (χ1) is 5.48. The normalized spacial score (nSPS) is 12.6. The zero-order valence-electron chi connectivity index (χ0n) is 7.90. The molecule has 0 atom stereocenters. The highest BCUT2D eigenvalue weighted by Crippen LogP contribution is 1.96. The Hall–Kier alpha value is -0.680. The van der Waals surface area contributed by atoms with Gasteiger partial charge in [-0.2, -0.15) is 0 Å². The summed E-state index contributed by atoms with van der Waals surface area (Å²) in [6.45, 7) is 5.41. The molecule has 0 aliphatic heterocycles. The molecular formula is C7H16N2O2S. The molecule has 0 aromatic rings. The highest BCUT2D eigenvalue weighted by molar-refractivity contribution is 7.93. The Morgan fingerprint density at radius 1 is 1.42 bits per heavy atom. The molecule has 0 bridgehead atoms. The van der Waals surface area contributed by atoms with E-state index in [1.54, 1.807) is 7.05 Å². The van der Waals surface area contributed by atoms with Crippen LogP contribution in [0.5, 0.6) is 0 Å². The van der Waals surface area contributed by atoms with E-state index in [9.17, 15) is 8.42 Å². The molecule has 0 spiro atoms. The molecule has 0 aliphatic rings. The van der Waals surface area contributed by atoms with Crippen LogP contribution in [-0.2, 0) is 10.0 Å². The molecule has 5 heteroatoms. The van der Waals surface area contributed by atoms with E-state index < -0.39 is 10.0 Å². The van der Waals surface area contributed by atoms with Crippen LogP contribution in [0.3, 0.4) is 0 Å². The summed E-state index contributed by atoms with van der Waals surface area (Å²) in [4.78, 5) is 3.68. The fourth-order valence-electron chi connectivity index (χ4n) is 0.274. The van der Waals surface area contributed by atoms with Crippen LogP contribution in [0, 0.1) is 0 Å². The van der Waals surface area contributed by atoms with Crippen molar-refractivity contribution in [3.8, 4) is 0 Å². The van der Waals surface area contributed by atoms with Crippen molar-refractivity contribution in [1.82, 2.24) is 0 Å². The van der Waals surface area contributed by atoms with Gasteiger partial charge in [-0.25, -0.2) is 13.6 Å². The first kappa shape index (κ1) is 13.9. The average molecular weight is 192 g/mol. The Kier molecular flexibility index (Phi) is 8.09. The number of aliphatic imine (C=N–C) groups is 1. The van der Waals surface area contributed by atoms with Crippen LogP contribution in [-0.4, -0.2) is 21.7 Å². The van der Waals surface area contributed by atoms with Gasteiger partial charge >= 0.3 is 0 Å². The first-order valence-corrected chi connectivity index (χ1v) is 5.15. The smallest absolute Gasteiger partial charge is 0.233 e. The molecule has 0 saturated carbocycles. The minimum absolute atomic E-state index is 0.109. The van der Waals surface area contributed by atoms with Gasteiger partial charge in [-0.15, -0.1) is 0 Å². The lowest BCUT2D eigenvalue weighted by molar-refractivity contribution is 0.603. The van der Waals surface area contributed by atoms with Crippen LogP contribution < -0.4 is 5.14 Å². The Morgan fingerprint density at radius 2 is 1.83 bits per heavy atom. The van der Waals surface area contributed by atoms with Gasteiger partial charge in [-0.05, 0) is 13.0 Å². The van der Waals surface area contributed by atoms with Gasteiger partial charge in [0, 0.05) is 13.3 Å². The van der Waals surface area contributed by atoms with Gasteiger partial charge in [-0.1, -0.05) is 13.8 Å². The number of primary sulfonamides is 1. The quantitative estimate of drug-likeness (QED) is 0.660. The molecule has 72 valence electrons. The van der Waals surface area contributed by atoms with Crippen molar-refractivity contribution in [2.24, 2.45) is 10.1 Å². The predicted molar refractivity (Wildman–Crippen MR) is 52.6 cm³/mol. The Balaban J connectivity index is 0. The second-order valence-corrected chi connectivity index (χ2v) is 3.46. The number of hydrogen-bond acceptors (Lipinski definition) is 3. The summed E-state index contributed by atoms with van der Waals surface area (Å²) in [5, 5.41) is 4.76. The van der Waals surface area contributed by atoms with Gasteiger partial charge in [-0.3, -0.25) is 4.99 Å². The third kappa shape index (κ3) is 7.43. The Bertz CT molecular complexity index is 253. The summed E-state index contributed by atoms with van der Waals surface area (Å²) < 4.78 is 21.0. The lowest BCUT2D eigenvalue weighted by atomic mass is 10.5. The monoisotopic (exact) mass is 192 g/mol. The zero-order valence-corrected chi connectivity index (χ0v) is 8.72. The molecule has 0 unspecified atom stereocenters. The van der Waals surface area contributed by atoms with Crippen LogP contribution in [0.15, 0.2) is 16.0 Å². The molecule has 0 aromatic carbocycles. The highest BCUT2D eigenvalue weighted by Gasteiger charge is 2.02. The Labute approximate surface area is 74.2 Å². The van der Waals surface area contributed by atoms with E-state index in [0.717, 1.165) is 0 Å². The molecule has 0 aromatic heterocycles. The molecule has 2 N–H and O–H groups in total. The average Bonchev–Trinajstić information content (AvgIpc) is 2.02. The summed E-state index contributed by atoms with van der Waals surface area (Å²) in [7, 11) is -1.96. The second-order valence-electron chi connectivity index (χ2n) is 1.73. The van der Waals surface area contributed by atoms with Gasteiger partial charge in [0.2, 0.25) is 10.0 Å². The summed E-state index contributed by atoms with van der Waals surface area (Å²) in [5.74, 6) is 0.